The molecule has 1 atom stereocenters. The minimum atomic E-state index is 0.379. The Hall–Kier alpha value is -1.35. The molecule has 0 bridgehead atoms. The summed E-state index contributed by atoms with van der Waals surface area (Å²) in [7, 11) is 0. The maximum Gasteiger partial charge on any atom is 0.155 e. The van der Waals surface area contributed by atoms with E-state index in [0.29, 0.717) is 6.04 Å². The van der Waals surface area contributed by atoms with Gasteiger partial charge in [-0.05, 0) is 51.3 Å². The first-order valence-electron chi connectivity index (χ1n) is 6.27. The third kappa shape index (κ3) is 1.65. The molecule has 3 rings (SSSR count). The van der Waals surface area contributed by atoms with Crippen LogP contribution in [0.2, 0.25) is 0 Å². The molecule has 1 unspecified atom stereocenters. The summed E-state index contributed by atoms with van der Waals surface area (Å²) in [6, 6.07) is 2.47. The zero-order chi connectivity index (χ0) is 12.0. The summed E-state index contributed by atoms with van der Waals surface area (Å²) in [4.78, 5) is 4.61. The lowest BCUT2D eigenvalue weighted by Crippen LogP contribution is -2.11. The van der Waals surface area contributed by atoms with Gasteiger partial charge in [-0.15, -0.1) is 0 Å². The van der Waals surface area contributed by atoms with Crippen molar-refractivity contribution in [2.45, 2.75) is 39.7 Å². The predicted molar refractivity (Wildman–Crippen MR) is 68.2 cm³/mol. The van der Waals surface area contributed by atoms with Crippen molar-refractivity contribution in [3.63, 3.8) is 0 Å². The normalized spacial score (nSPS) is 20.3. The summed E-state index contributed by atoms with van der Waals surface area (Å²) in [5.41, 5.74) is 5.50. The van der Waals surface area contributed by atoms with E-state index in [2.05, 4.69) is 37.1 Å². The van der Waals surface area contributed by atoms with Gasteiger partial charge in [-0.3, -0.25) is 0 Å². The number of hydrogen-bond donors (Lipinski definition) is 1. The van der Waals surface area contributed by atoms with Gasteiger partial charge in [0, 0.05) is 11.8 Å². The highest BCUT2D eigenvalue weighted by Crippen LogP contribution is 2.31. The van der Waals surface area contributed by atoms with Crippen molar-refractivity contribution in [3.8, 4) is 0 Å². The predicted octanol–water partition coefficient (Wildman–Crippen LogP) is 3.18. The van der Waals surface area contributed by atoms with E-state index in [4.69, 9.17) is 4.42 Å². The zero-order valence-corrected chi connectivity index (χ0v) is 10.6. The highest BCUT2D eigenvalue weighted by Gasteiger charge is 2.21. The Morgan fingerprint density at radius 2 is 2.12 bits per heavy atom. The van der Waals surface area contributed by atoms with Crippen LogP contribution in [0.3, 0.4) is 0 Å². The third-order valence-corrected chi connectivity index (χ3v) is 3.87. The van der Waals surface area contributed by atoms with Gasteiger partial charge >= 0.3 is 0 Å². The molecule has 0 radical (unpaired) electrons. The first kappa shape index (κ1) is 10.8. The van der Waals surface area contributed by atoms with Gasteiger partial charge in [0.2, 0.25) is 0 Å². The van der Waals surface area contributed by atoms with Gasteiger partial charge in [0.1, 0.15) is 11.3 Å². The van der Waals surface area contributed by atoms with Crippen LogP contribution >= 0.6 is 0 Å². The van der Waals surface area contributed by atoms with E-state index in [0.717, 1.165) is 35.5 Å². The van der Waals surface area contributed by atoms with E-state index in [1.54, 1.807) is 0 Å². The Morgan fingerprint density at radius 1 is 1.29 bits per heavy atom. The second-order valence-corrected chi connectivity index (χ2v) is 4.96. The first-order valence-corrected chi connectivity index (χ1v) is 6.27. The third-order valence-electron chi connectivity index (χ3n) is 3.87. The molecule has 1 aliphatic heterocycles. The fraction of sp³-hybridized carbons (Fsp3) is 0.500. The van der Waals surface area contributed by atoms with Crippen molar-refractivity contribution < 1.29 is 4.42 Å². The Bertz CT molecular complexity index is 565. The van der Waals surface area contributed by atoms with Crippen molar-refractivity contribution >= 4 is 11.1 Å². The first-order chi connectivity index (χ1) is 8.16. The van der Waals surface area contributed by atoms with Crippen molar-refractivity contribution in [1.82, 2.24) is 10.3 Å². The van der Waals surface area contributed by atoms with Gasteiger partial charge in [-0.25, -0.2) is 4.98 Å². The number of furan rings is 1. The molecule has 3 heteroatoms. The molecule has 1 aliphatic rings. The van der Waals surface area contributed by atoms with E-state index in [-0.39, 0.29) is 0 Å². The minimum Gasteiger partial charge on any atom is -0.457 e. The second kappa shape index (κ2) is 3.84. The molecule has 90 valence electrons. The Balaban J connectivity index is 2.15. The van der Waals surface area contributed by atoms with Crippen molar-refractivity contribution in [3.05, 3.63) is 28.6 Å². The number of rotatable bonds is 1. The number of aromatic nitrogens is 1. The van der Waals surface area contributed by atoms with Crippen LogP contribution in [0, 0.1) is 20.8 Å². The molecule has 0 spiro atoms. The highest BCUT2D eigenvalue weighted by atomic mass is 16.3. The molecule has 0 saturated carbocycles. The molecular weight excluding hydrogens is 212 g/mol. The standard InChI is InChI=1S/C14H18N2O/c1-8-9(2)14-12(16-10(8)3)7-13(17-14)11-5-4-6-15-11/h7,11,15H,4-6H2,1-3H3. The Morgan fingerprint density at radius 3 is 2.82 bits per heavy atom. The van der Waals surface area contributed by atoms with E-state index in [1.165, 1.54) is 17.5 Å². The minimum absolute atomic E-state index is 0.379. The Labute approximate surface area is 101 Å². The molecule has 2 aromatic rings. The molecule has 0 amide bonds. The maximum absolute atomic E-state index is 5.99. The van der Waals surface area contributed by atoms with Crippen molar-refractivity contribution in [2.24, 2.45) is 0 Å². The fourth-order valence-electron chi connectivity index (χ4n) is 2.56. The fourth-order valence-corrected chi connectivity index (χ4v) is 2.56. The number of fused-ring (bicyclic) bond motifs is 1. The van der Waals surface area contributed by atoms with Crippen LogP contribution in [0.15, 0.2) is 10.5 Å². The van der Waals surface area contributed by atoms with Gasteiger partial charge < -0.3 is 9.73 Å². The van der Waals surface area contributed by atoms with Crippen molar-refractivity contribution in [1.29, 1.82) is 0 Å². The van der Waals surface area contributed by atoms with Gasteiger partial charge in [-0.2, -0.15) is 0 Å². The zero-order valence-electron chi connectivity index (χ0n) is 10.6. The summed E-state index contributed by atoms with van der Waals surface area (Å²) in [6.45, 7) is 7.36. The molecular formula is C14H18N2O. The smallest absolute Gasteiger partial charge is 0.155 e. The number of nitrogens with one attached hydrogen (secondary N) is 1. The average molecular weight is 230 g/mol. The van der Waals surface area contributed by atoms with Gasteiger partial charge in [0.15, 0.2) is 5.58 Å². The summed E-state index contributed by atoms with van der Waals surface area (Å²) in [6.07, 6.45) is 2.39. The lowest BCUT2D eigenvalue weighted by Gasteiger charge is -2.05. The maximum atomic E-state index is 5.99. The quantitative estimate of drug-likeness (QED) is 0.817. The highest BCUT2D eigenvalue weighted by molar-refractivity contribution is 5.78. The molecule has 3 nitrogen and oxygen atoms in total. The van der Waals surface area contributed by atoms with Crippen LogP contribution in [0.25, 0.3) is 11.1 Å². The topological polar surface area (TPSA) is 38.1 Å². The van der Waals surface area contributed by atoms with Crippen LogP contribution in [-0.4, -0.2) is 11.5 Å². The molecule has 1 N–H and O–H groups in total. The van der Waals surface area contributed by atoms with E-state index >= 15 is 0 Å². The van der Waals surface area contributed by atoms with E-state index in [9.17, 15) is 0 Å². The molecule has 3 heterocycles. The number of aryl methyl sites for hydroxylation is 2. The lowest BCUT2D eigenvalue weighted by molar-refractivity contribution is 0.469. The monoisotopic (exact) mass is 230 g/mol. The average Bonchev–Trinajstić information content (AvgIpc) is 2.93. The number of nitrogens with zero attached hydrogens (tertiary/aromatic N) is 1. The molecule has 1 fully saturated rings. The van der Waals surface area contributed by atoms with Gasteiger partial charge in [0.25, 0.3) is 0 Å². The van der Waals surface area contributed by atoms with Crippen LogP contribution in [0.5, 0.6) is 0 Å². The molecule has 2 aromatic heterocycles. The van der Waals surface area contributed by atoms with Gasteiger partial charge in [0.05, 0.1) is 6.04 Å². The number of hydrogen-bond acceptors (Lipinski definition) is 3. The summed E-state index contributed by atoms with van der Waals surface area (Å²) in [5, 5.41) is 3.46. The molecule has 17 heavy (non-hydrogen) atoms. The van der Waals surface area contributed by atoms with Crippen LogP contribution in [0.1, 0.15) is 41.5 Å². The van der Waals surface area contributed by atoms with E-state index < -0.39 is 0 Å². The van der Waals surface area contributed by atoms with Crippen LogP contribution in [-0.2, 0) is 0 Å². The number of pyridine rings is 1. The SMILES string of the molecule is Cc1nc2cc(C3CCCN3)oc2c(C)c1C. The lowest BCUT2D eigenvalue weighted by atomic mass is 10.1. The largest absolute Gasteiger partial charge is 0.457 e. The molecule has 0 aromatic carbocycles. The Kier molecular flexibility index (Phi) is 2.44. The van der Waals surface area contributed by atoms with E-state index in [1.807, 2.05) is 0 Å². The molecule has 0 aliphatic carbocycles. The summed E-state index contributed by atoms with van der Waals surface area (Å²) in [5.74, 6) is 1.04. The van der Waals surface area contributed by atoms with Gasteiger partial charge in [-0.1, -0.05) is 0 Å². The molecule has 1 saturated heterocycles. The second-order valence-electron chi connectivity index (χ2n) is 4.96. The van der Waals surface area contributed by atoms with Crippen LogP contribution < -0.4 is 5.32 Å². The summed E-state index contributed by atoms with van der Waals surface area (Å²) < 4.78 is 5.99. The van der Waals surface area contributed by atoms with Crippen LogP contribution in [0.4, 0.5) is 0 Å². The van der Waals surface area contributed by atoms with Crippen molar-refractivity contribution in [2.75, 3.05) is 6.54 Å². The summed E-state index contributed by atoms with van der Waals surface area (Å²) >= 11 is 0.